The SMILES string of the molecule is Cc1ccccc1-c1ccc(N2C(N)=NC(N)=NC23CCCCC3)cc1. The van der Waals surface area contributed by atoms with Crippen molar-refractivity contribution in [3.63, 3.8) is 0 Å². The molecule has 1 heterocycles. The second kappa shape index (κ2) is 6.48. The lowest BCUT2D eigenvalue weighted by Crippen LogP contribution is -2.58. The van der Waals surface area contributed by atoms with Crippen LogP contribution in [0.3, 0.4) is 0 Å². The van der Waals surface area contributed by atoms with E-state index in [0.717, 1.165) is 31.4 Å². The Labute approximate surface area is 154 Å². The van der Waals surface area contributed by atoms with E-state index in [1.165, 1.54) is 23.1 Å². The lowest BCUT2D eigenvalue weighted by atomic mass is 9.87. The quantitative estimate of drug-likeness (QED) is 0.868. The van der Waals surface area contributed by atoms with Gasteiger partial charge < -0.3 is 11.5 Å². The predicted molar refractivity (Wildman–Crippen MR) is 108 cm³/mol. The van der Waals surface area contributed by atoms with Crippen LogP contribution in [0.15, 0.2) is 58.5 Å². The van der Waals surface area contributed by atoms with Crippen LogP contribution in [0, 0.1) is 6.92 Å². The number of hydrogen-bond donors (Lipinski definition) is 2. The Hall–Kier alpha value is -2.82. The summed E-state index contributed by atoms with van der Waals surface area (Å²) in [6.45, 7) is 2.13. The fraction of sp³-hybridized carbons (Fsp3) is 0.333. The summed E-state index contributed by atoms with van der Waals surface area (Å²) in [4.78, 5) is 11.0. The van der Waals surface area contributed by atoms with Crippen molar-refractivity contribution >= 4 is 17.6 Å². The van der Waals surface area contributed by atoms with E-state index in [0.29, 0.717) is 5.96 Å². The molecule has 5 nitrogen and oxygen atoms in total. The molecule has 2 aromatic carbocycles. The van der Waals surface area contributed by atoms with Crippen molar-refractivity contribution in [2.24, 2.45) is 21.5 Å². The first-order chi connectivity index (χ1) is 12.6. The number of aryl methyl sites for hydroxylation is 1. The summed E-state index contributed by atoms with van der Waals surface area (Å²) in [6.07, 6.45) is 5.38. The van der Waals surface area contributed by atoms with E-state index in [2.05, 4.69) is 65.3 Å². The van der Waals surface area contributed by atoms with E-state index >= 15 is 0 Å². The third kappa shape index (κ3) is 2.83. The van der Waals surface area contributed by atoms with Gasteiger partial charge in [0.15, 0.2) is 0 Å². The highest BCUT2D eigenvalue weighted by Crippen LogP contribution is 2.39. The molecule has 2 aliphatic rings. The van der Waals surface area contributed by atoms with Crippen LogP contribution in [0.4, 0.5) is 5.69 Å². The van der Waals surface area contributed by atoms with E-state index in [1.807, 2.05) is 0 Å². The Morgan fingerprint density at radius 1 is 0.923 bits per heavy atom. The van der Waals surface area contributed by atoms with Gasteiger partial charge in [0.1, 0.15) is 5.66 Å². The number of benzene rings is 2. The van der Waals surface area contributed by atoms with Gasteiger partial charge in [-0.25, -0.2) is 4.99 Å². The Kier molecular flexibility index (Phi) is 4.15. The van der Waals surface area contributed by atoms with Gasteiger partial charge in [0.2, 0.25) is 11.9 Å². The van der Waals surface area contributed by atoms with Gasteiger partial charge >= 0.3 is 0 Å². The Morgan fingerprint density at radius 2 is 1.62 bits per heavy atom. The Morgan fingerprint density at radius 3 is 2.31 bits per heavy atom. The molecule has 1 fully saturated rings. The first-order valence-electron chi connectivity index (χ1n) is 9.25. The summed E-state index contributed by atoms with van der Waals surface area (Å²) in [7, 11) is 0. The first-order valence-corrected chi connectivity index (χ1v) is 9.25. The molecule has 1 saturated carbocycles. The number of nitrogens with zero attached hydrogens (tertiary/aromatic N) is 3. The third-order valence-electron chi connectivity index (χ3n) is 5.43. The van der Waals surface area contributed by atoms with Crippen LogP contribution >= 0.6 is 0 Å². The summed E-state index contributed by atoms with van der Waals surface area (Å²) >= 11 is 0. The van der Waals surface area contributed by atoms with Gasteiger partial charge in [-0.05, 0) is 61.4 Å². The molecule has 0 bridgehead atoms. The van der Waals surface area contributed by atoms with Crippen LogP contribution in [0.5, 0.6) is 0 Å². The van der Waals surface area contributed by atoms with Crippen molar-refractivity contribution < 1.29 is 0 Å². The number of anilines is 1. The zero-order valence-corrected chi connectivity index (χ0v) is 15.2. The van der Waals surface area contributed by atoms with Crippen LogP contribution in [0.2, 0.25) is 0 Å². The molecule has 26 heavy (non-hydrogen) atoms. The number of nitrogens with two attached hydrogens (primary N) is 2. The maximum absolute atomic E-state index is 6.30. The van der Waals surface area contributed by atoms with Gasteiger partial charge in [-0.15, -0.1) is 0 Å². The molecule has 4 rings (SSSR count). The minimum Gasteiger partial charge on any atom is -0.369 e. The average Bonchev–Trinajstić information content (AvgIpc) is 2.63. The van der Waals surface area contributed by atoms with Crippen molar-refractivity contribution in [1.82, 2.24) is 0 Å². The number of guanidine groups is 2. The van der Waals surface area contributed by atoms with Crippen molar-refractivity contribution in [2.45, 2.75) is 44.7 Å². The van der Waals surface area contributed by atoms with Crippen molar-refractivity contribution in [1.29, 1.82) is 0 Å². The summed E-state index contributed by atoms with van der Waals surface area (Å²) in [5.74, 6) is 0.722. The molecule has 0 atom stereocenters. The molecule has 1 spiro atoms. The molecule has 0 amide bonds. The van der Waals surface area contributed by atoms with E-state index in [4.69, 9.17) is 16.5 Å². The van der Waals surface area contributed by atoms with E-state index in [9.17, 15) is 0 Å². The molecule has 0 aromatic heterocycles. The number of hydrogen-bond acceptors (Lipinski definition) is 5. The maximum atomic E-state index is 6.30. The molecule has 5 heteroatoms. The molecule has 0 saturated heterocycles. The summed E-state index contributed by atoms with van der Waals surface area (Å²) in [5, 5.41) is 0. The lowest BCUT2D eigenvalue weighted by molar-refractivity contribution is 0.305. The van der Waals surface area contributed by atoms with Gasteiger partial charge in [0.25, 0.3) is 0 Å². The molecule has 1 aliphatic carbocycles. The van der Waals surface area contributed by atoms with E-state index in [-0.39, 0.29) is 5.96 Å². The average molecular weight is 347 g/mol. The molecule has 2 aromatic rings. The van der Waals surface area contributed by atoms with Crippen LogP contribution in [-0.2, 0) is 0 Å². The van der Waals surface area contributed by atoms with Gasteiger partial charge in [-0.2, -0.15) is 4.99 Å². The maximum Gasteiger partial charge on any atom is 0.220 e. The van der Waals surface area contributed by atoms with Crippen LogP contribution < -0.4 is 16.4 Å². The Bertz CT molecular complexity index is 860. The van der Waals surface area contributed by atoms with Crippen LogP contribution in [0.1, 0.15) is 37.7 Å². The topological polar surface area (TPSA) is 80.0 Å². The second-order valence-corrected chi connectivity index (χ2v) is 7.18. The summed E-state index contributed by atoms with van der Waals surface area (Å²) in [6, 6.07) is 16.9. The van der Waals surface area contributed by atoms with Gasteiger partial charge in [0.05, 0.1) is 0 Å². The van der Waals surface area contributed by atoms with Crippen molar-refractivity contribution in [3.05, 3.63) is 54.1 Å². The highest BCUT2D eigenvalue weighted by molar-refractivity contribution is 6.05. The Balaban J connectivity index is 1.72. The molecular formula is C21H25N5. The highest BCUT2D eigenvalue weighted by atomic mass is 15.4. The number of rotatable bonds is 2. The zero-order chi connectivity index (χ0) is 18.1. The normalized spacial score (nSPS) is 19.2. The summed E-state index contributed by atoms with van der Waals surface area (Å²) < 4.78 is 0. The largest absolute Gasteiger partial charge is 0.369 e. The predicted octanol–water partition coefficient (Wildman–Crippen LogP) is 3.77. The van der Waals surface area contributed by atoms with Crippen molar-refractivity contribution in [2.75, 3.05) is 4.90 Å². The van der Waals surface area contributed by atoms with Gasteiger partial charge in [-0.1, -0.05) is 42.8 Å². The van der Waals surface area contributed by atoms with E-state index in [1.54, 1.807) is 0 Å². The number of aliphatic imine (C=N–C) groups is 2. The first kappa shape index (κ1) is 16.6. The van der Waals surface area contributed by atoms with Gasteiger partial charge in [0, 0.05) is 5.69 Å². The van der Waals surface area contributed by atoms with Gasteiger partial charge in [-0.3, -0.25) is 4.90 Å². The molecule has 1 aliphatic heterocycles. The van der Waals surface area contributed by atoms with Crippen LogP contribution in [-0.4, -0.2) is 17.6 Å². The zero-order valence-electron chi connectivity index (χ0n) is 15.2. The lowest BCUT2D eigenvalue weighted by Gasteiger charge is -2.45. The third-order valence-corrected chi connectivity index (χ3v) is 5.43. The fourth-order valence-corrected chi connectivity index (χ4v) is 4.18. The fourth-order valence-electron chi connectivity index (χ4n) is 4.18. The second-order valence-electron chi connectivity index (χ2n) is 7.18. The summed E-state index contributed by atoms with van der Waals surface area (Å²) in [5.41, 5.74) is 16.6. The van der Waals surface area contributed by atoms with Crippen LogP contribution in [0.25, 0.3) is 11.1 Å². The highest BCUT2D eigenvalue weighted by Gasteiger charge is 2.42. The smallest absolute Gasteiger partial charge is 0.220 e. The minimum absolute atomic E-state index is 0.289. The monoisotopic (exact) mass is 347 g/mol. The van der Waals surface area contributed by atoms with E-state index < -0.39 is 5.66 Å². The molecule has 0 unspecified atom stereocenters. The molecular weight excluding hydrogens is 322 g/mol. The minimum atomic E-state index is -0.391. The molecule has 134 valence electrons. The van der Waals surface area contributed by atoms with Crippen molar-refractivity contribution in [3.8, 4) is 11.1 Å². The molecule has 4 N–H and O–H groups in total. The standard InChI is InChI=1S/C21H25N5/c1-15-7-3-4-8-18(15)16-9-11-17(12-10-16)26-20(23)24-19(22)25-21(26)13-5-2-6-14-21/h3-4,7-12H,2,5-6,13-14H2,1H3,(H4,22,23,24,25). The molecule has 0 radical (unpaired) electrons.